The number of halogens is 2. The molecule has 3 aromatic rings. The Bertz CT molecular complexity index is 788. The Labute approximate surface area is 141 Å². The van der Waals surface area contributed by atoms with E-state index in [4.69, 9.17) is 5.73 Å². The normalized spacial score (nSPS) is 13.6. The van der Waals surface area contributed by atoms with Crippen molar-refractivity contribution >= 4 is 23.3 Å². The summed E-state index contributed by atoms with van der Waals surface area (Å²) in [5.41, 5.74) is 8.06. The highest BCUT2D eigenvalue weighted by Crippen LogP contribution is 2.31. The Morgan fingerprint density at radius 3 is 2.48 bits per heavy atom. The molecule has 5 heteroatoms. The maximum atomic E-state index is 14.4. The molecule has 23 heavy (non-hydrogen) atoms. The summed E-state index contributed by atoms with van der Waals surface area (Å²) >= 11 is 0. The lowest BCUT2D eigenvalue weighted by atomic mass is 10.0. The van der Waals surface area contributed by atoms with Gasteiger partial charge in [-0.25, -0.2) is 4.39 Å². The van der Waals surface area contributed by atoms with Gasteiger partial charge in [0.2, 0.25) is 0 Å². The monoisotopic (exact) mass is 334 g/mol. The Morgan fingerprint density at radius 1 is 1.13 bits per heavy atom. The SMILES string of the molecule is Cc1cn([C@@H](c2ccccc2)[C@H](O)CN)c2c(F)cccc12.Cl. The fourth-order valence-electron chi connectivity index (χ4n) is 3.01. The first-order chi connectivity index (χ1) is 10.6. The molecule has 0 saturated heterocycles. The van der Waals surface area contributed by atoms with Crippen molar-refractivity contribution in [3.8, 4) is 0 Å². The van der Waals surface area contributed by atoms with Gasteiger partial charge in [0.25, 0.3) is 0 Å². The van der Waals surface area contributed by atoms with Crippen molar-refractivity contribution in [2.75, 3.05) is 6.54 Å². The van der Waals surface area contributed by atoms with Crippen LogP contribution in [-0.4, -0.2) is 22.3 Å². The summed E-state index contributed by atoms with van der Waals surface area (Å²) in [6.07, 6.45) is 1.08. The number of rotatable bonds is 4. The predicted octanol–water partition coefficient (Wildman–Crippen LogP) is 3.42. The summed E-state index contributed by atoms with van der Waals surface area (Å²) < 4.78 is 16.2. The molecule has 0 aliphatic carbocycles. The van der Waals surface area contributed by atoms with Crippen LogP contribution < -0.4 is 5.73 Å². The summed E-state index contributed by atoms with van der Waals surface area (Å²) in [7, 11) is 0. The van der Waals surface area contributed by atoms with Gasteiger partial charge in [-0.05, 0) is 24.1 Å². The number of aromatic nitrogens is 1. The number of aliphatic hydroxyl groups excluding tert-OH is 1. The lowest BCUT2D eigenvalue weighted by Gasteiger charge is -2.25. The number of aliphatic hydroxyl groups is 1. The average molecular weight is 335 g/mol. The minimum Gasteiger partial charge on any atom is -0.389 e. The molecule has 0 radical (unpaired) electrons. The highest BCUT2D eigenvalue weighted by molar-refractivity contribution is 5.85. The molecular weight excluding hydrogens is 315 g/mol. The van der Waals surface area contributed by atoms with Crippen LogP contribution >= 0.6 is 12.4 Å². The molecule has 1 aromatic heterocycles. The van der Waals surface area contributed by atoms with Crippen LogP contribution in [0, 0.1) is 12.7 Å². The summed E-state index contributed by atoms with van der Waals surface area (Å²) in [5, 5.41) is 11.3. The second-order valence-electron chi connectivity index (χ2n) is 5.51. The molecule has 1 heterocycles. The molecule has 0 amide bonds. The van der Waals surface area contributed by atoms with E-state index in [0.717, 1.165) is 16.5 Å². The quantitative estimate of drug-likeness (QED) is 0.768. The molecule has 0 unspecified atom stereocenters. The zero-order valence-corrected chi connectivity index (χ0v) is 13.6. The van der Waals surface area contributed by atoms with Crippen molar-refractivity contribution in [2.24, 2.45) is 5.73 Å². The van der Waals surface area contributed by atoms with Gasteiger partial charge in [0, 0.05) is 18.1 Å². The smallest absolute Gasteiger partial charge is 0.147 e. The van der Waals surface area contributed by atoms with Crippen LogP contribution in [-0.2, 0) is 0 Å². The summed E-state index contributed by atoms with van der Waals surface area (Å²) in [6, 6.07) is 14.2. The number of nitrogens with two attached hydrogens (primary N) is 1. The molecular formula is C18H20ClFN2O. The van der Waals surface area contributed by atoms with Crippen molar-refractivity contribution < 1.29 is 9.50 Å². The molecule has 122 valence electrons. The van der Waals surface area contributed by atoms with E-state index in [1.807, 2.05) is 49.5 Å². The van der Waals surface area contributed by atoms with Crippen LogP contribution in [0.5, 0.6) is 0 Å². The number of hydrogen-bond donors (Lipinski definition) is 2. The topological polar surface area (TPSA) is 51.2 Å². The molecule has 3 rings (SSSR count). The number of fused-ring (bicyclic) bond motifs is 1. The van der Waals surface area contributed by atoms with Crippen molar-refractivity contribution in [1.82, 2.24) is 4.57 Å². The maximum absolute atomic E-state index is 14.4. The Kier molecular flexibility index (Phi) is 5.42. The molecule has 0 saturated carbocycles. The van der Waals surface area contributed by atoms with E-state index in [1.54, 1.807) is 10.6 Å². The van der Waals surface area contributed by atoms with Gasteiger partial charge in [-0.15, -0.1) is 12.4 Å². The second-order valence-corrected chi connectivity index (χ2v) is 5.51. The van der Waals surface area contributed by atoms with Crippen molar-refractivity contribution in [3.63, 3.8) is 0 Å². The Balaban J connectivity index is 0.00000192. The fraction of sp³-hybridized carbons (Fsp3) is 0.222. The van der Waals surface area contributed by atoms with Crippen LogP contribution in [0.1, 0.15) is 17.2 Å². The van der Waals surface area contributed by atoms with E-state index in [-0.39, 0.29) is 24.8 Å². The Hall–Kier alpha value is -1.88. The largest absolute Gasteiger partial charge is 0.389 e. The van der Waals surface area contributed by atoms with Crippen LogP contribution in [0.4, 0.5) is 4.39 Å². The van der Waals surface area contributed by atoms with Crippen molar-refractivity contribution in [1.29, 1.82) is 0 Å². The maximum Gasteiger partial charge on any atom is 0.147 e. The van der Waals surface area contributed by atoms with Gasteiger partial charge in [-0.1, -0.05) is 42.5 Å². The molecule has 3 nitrogen and oxygen atoms in total. The number of hydrogen-bond acceptors (Lipinski definition) is 2. The van der Waals surface area contributed by atoms with Gasteiger partial charge in [0.15, 0.2) is 0 Å². The summed E-state index contributed by atoms with van der Waals surface area (Å²) in [6.45, 7) is 2.04. The van der Waals surface area contributed by atoms with Gasteiger partial charge >= 0.3 is 0 Å². The third-order valence-electron chi connectivity index (χ3n) is 4.05. The van der Waals surface area contributed by atoms with Crippen LogP contribution in [0.25, 0.3) is 10.9 Å². The highest BCUT2D eigenvalue weighted by atomic mass is 35.5. The average Bonchev–Trinajstić information content (AvgIpc) is 2.87. The number of benzene rings is 2. The molecule has 0 aliphatic rings. The zero-order valence-electron chi connectivity index (χ0n) is 12.8. The second kappa shape index (κ2) is 7.13. The molecule has 2 aromatic carbocycles. The van der Waals surface area contributed by atoms with E-state index in [9.17, 15) is 9.50 Å². The standard InChI is InChI=1S/C18H19FN2O.ClH/c1-12-11-21(18-14(12)8-5-9-15(18)19)17(16(22)10-20)13-6-3-2-4-7-13;/h2-9,11,16-17,22H,10,20H2,1H3;1H/t16-,17+;/m1./s1. The molecule has 3 N–H and O–H groups in total. The first-order valence-corrected chi connectivity index (χ1v) is 7.32. The molecule has 2 atom stereocenters. The van der Waals surface area contributed by atoms with E-state index >= 15 is 0 Å². The zero-order chi connectivity index (χ0) is 15.7. The number of aryl methyl sites for hydroxylation is 1. The minimum absolute atomic E-state index is 0. The highest BCUT2D eigenvalue weighted by Gasteiger charge is 2.25. The fourth-order valence-corrected chi connectivity index (χ4v) is 3.01. The van der Waals surface area contributed by atoms with Crippen LogP contribution in [0.3, 0.4) is 0 Å². The van der Waals surface area contributed by atoms with Crippen LogP contribution in [0.2, 0.25) is 0 Å². The van der Waals surface area contributed by atoms with E-state index in [2.05, 4.69) is 0 Å². The molecule has 0 fully saturated rings. The van der Waals surface area contributed by atoms with Crippen molar-refractivity contribution in [2.45, 2.75) is 19.1 Å². The van der Waals surface area contributed by atoms with Gasteiger partial charge < -0.3 is 15.4 Å². The third kappa shape index (κ3) is 3.11. The van der Waals surface area contributed by atoms with Gasteiger partial charge in [0.1, 0.15) is 5.82 Å². The van der Waals surface area contributed by atoms with E-state index < -0.39 is 12.1 Å². The first-order valence-electron chi connectivity index (χ1n) is 7.32. The molecule has 0 spiro atoms. The first kappa shape index (κ1) is 17.5. The number of nitrogens with zero attached hydrogens (tertiary/aromatic N) is 1. The minimum atomic E-state index is -0.794. The lowest BCUT2D eigenvalue weighted by molar-refractivity contribution is 0.139. The van der Waals surface area contributed by atoms with Gasteiger partial charge in [0.05, 0.1) is 17.7 Å². The Morgan fingerprint density at radius 2 is 1.83 bits per heavy atom. The number of para-hydroxylation sites is 1. The van der Waals surface area contributed by atoms with Crippen LogP contribution in [0.15, 0.2) is 54.7 Å². The summed E-state index contributed by atoms with van der Waals surface area (Å²) in [4.78, 5) is 0. The van der Waals surface area contributed by atoms with E-state index in [1.165, 1.54) is 6.07 Å². The molecule has 0 aliphatic heterocycles. The van der Waals surface area contributed by atoms with Crippen molar-refractivity contribution in [3.05, 3.63) is 71.7 Å². The summed E-state index contributed by atoms with van der Waals surface area (Å²) in [5.74, 6) is -0.296. The molecule has 0 bridgehead atoms. The van der Waals surface area contributed by atoms with E-state index in [0.29, 0.717) is 5.52 Å². The third-order valence-corrected chi connectivity index (χ3v) is 4.05. The van der Waals surface area contributed by atoms with Gasteiger partial charge in [-0.2, -0.15) is 0 Å². The predicted molar refractivity (Wildman–Crippen MR) is 93.5 cm³/mol. The van der Waals surface area contributed by atoms with Gasteiger partial charge in [-0.3, -0.25) is 0 Å². The lowest BCUT2D eigenvalue weighted by Crippen LogP contribution is -2.31.